The molecular formula is C14H11ClF3NO3S. The molecule has 0 unspecified atom stereocenters. The van der Waals surface area contributed by atoms with Gasteiger partial charge in [-0.3, -0.25) is 4.31 Å². The summed E-state index contributed by atoms with van der Waals surface area (Å²) in [5.74, 6) is -0.797. The van der Waals surface area contributed by atoms with Crippen molar-refractivity contribution >= 4 is 27.3 Å². The third kappa shape index (κ3) is 4.08. The summed E-state index contributed by atoms with van der Waals surface area (Å²) in [5, 5.41) is 0.296. The van der Waals surface area contributed by atoms with Crippen LogP contribution in [0.4, 0.5) is 18.9 Å². The number of nitrogens with zero attached hydrogens (tertiary/aromatic N) is 1. The largest absolute Gasteiger partial charge is 0.573 e. The van der Waals surface area contributed by atoms with E-state index in [1.807, 2.05) is 0 Å². The summed E-state index contributed by atoms with van der Waals surface area (Å²) in [4.78, 5) is -0.597. The van der Waals surface area contributed by atoms with E-state index >= 15 is 0 Å². The molecule has 0 aliphatic rings. The van der Waals surface area contributed by atoms with E-state index in [9.17, 15) is 21.6 Å². The molecule has 0 fully saturated rings. The van der Waals surface area contributed by atoms with Crippen LogP contribution in [0.1, 0.15) is 0 Å². The fourth-order valence-corrected chi connectivity index (χ4v) is 3.32. The normalized spacial score (nSPS) is 12.0. The number of benzene rings is 2. The predicted octanol–water partition coefficient (Wildman–Crippen LogP) is 4.06. The monoisotopic (exact) mass is 365 g/mol. The molecule has 0 bridgehead atoms. The summed E-state index contributed by atoms with van der Waals surface area (Å²) in [6.07, 6.45) is -5.00. The van der Waals surface area contributed by atoms with Crippen molar-refractivity contribution in [3.63, 3.8) is 0 Å². The fourth-order valence-electron chi connectivity index (χ4n) is 1.83. The maximum absolute atomic E-state index is 12.6. The Kier molecular flexibility index (Phi) is 4.76. The Bertz CT molecular complexity index is 809. The van der Waals surface area contributed by atoms with Crippen molar-refractivity contribution in [2.45, 2.75) is 11.3 Å². The number of ether oxygens (including phenoxy) is 1. The van der Waals surface area contributed by atoms with Crippen molar-refractivity contribution in [3.05, 3.63) is 53.6 Å². The van der Waals surface area contributed by atoms with Gasteiger partial charge in [-0.2, -0.15) is 0 Å². The van der Waals surface area contributed by atoms with Gasteiger partial charge < -0.3 is 4.74 Å². The van der Waals surface area contributed by atoms with E-state index in [-0.39, 0.29) is 5.69 Å². The Hall–Kier alpha value is -1.93. The minimum Gasteiger partial charge on any atom is -0.404 e. The Morgan fingerprint density at radius 3 is 2.35 bits per heavy atom. The zero-order valence-electron chi connectivity index (χ0n) is 11.7. The van der Waals surface area contributed by atoms with Crippen LogP contribution in [0.5, 0.6) is 5.75 Å². The number of sulfonamides is 1. The highest BCUT2D eigenvalue weighted by molar-refractivity contribution is 7.92. The summed E-state index contributed by atoms with van der Waals surface area (Å²) in [5.41, 5.74) is 0.208. The van der Waals surface area contributed by atoms with Crippen LogP contribution in [-0.4, -0.2) is 21.8 Å². The smallest absolute Gasteiger partial charge is 0.404 e. The lowest BCUT2D eigenvalue weighted by atomic mass is 10.3. The van der Waals surface area contributed by atoms with Crippen molar-refractivity contribution < 1.29 is 26.3 Å². The average molecular weight is 366 g/mol. The highest BCUT2D eigenvalue weighted by atomic mass is 35.5. The molecule has 9 heteroatoms. The molecule has 0 aliphatic heterocycles. The number of para-hydroxylation sites is 1. The molecule has 0 saturated heterocycles. The second-order valence-electron chi connectivity index (χ2n) is 4.45. The summed E-state index contributed by atoms with van der Waals surface area (Å²) in [7, 11) is -3.05. The predicted molar refractivity (Wildman–Crippen MR) is 80.2 cm³/mol. The lowest BCUT2D eigenvalue weighted by Crippen LogP contribution is -2.28. The van der Waals surface area contributed by atoms with Gasteiger partial charge in [0.25, 0.3) is 10.0 Å². The minimum atomic E-state index is -5.00. The van der Waals surface area contributed by atoms with Gasteiger partial charge in [0.2, 0.25) is 0 Å². The lowest BCUT2D eigenvalue weighted by molar-refractivity contribution is -0.275. The van der Waals surface area contributed by atoms with Gasteiger partial charge in [-0.15, -0.1) is 13.2 Å². The van der Waals surface area contributed by atoms with E-state index in [2.05, 4.69) is 4.74 Å². The van der Waals surface area contributed by atoms with Gasteiger partial charge in [0.1, 0.15) is 10.6 Å². The van der Waals surface area contributed by atoms with Crippen molar-refractivity contribution in [2.24, 2.45) is 0 Å². The maximum Gasteiger partial charge on any atom is 0.573 e. The van der Waals surface area contributed by atoms with Crippen LogP contribution in [0, 0.1) is 0 Å². The first-order chi connectivity index (χ1) is 10.6. The number of hydrogen-bond acceptors (Lipinski definition) is 3. The molecule has 0 radical (unpaired) electrons. The zero-order chi connectivity index (χ0) is 17.3. The first kappa shape index (κ1) is 17.4. The Labute approximate surface area is 136 Å². The number of halogens is 4. The van der Waals surface area contributed by atoms with Crippen LogP contribution >= 0.6 is 11.6 Å². The number of anilines is 1. The summed E-state index contributed by atoms with van der Waals surface area (Å²) in [6.45, 7) is 0. The van der Waals surface area contributed by atoms with E-state index in [4.69, 9.17) is 11.6 Å². The maximum atomic E-state index is 12.6. The molecule has 23 heavy (non-hydrogen) atoms. The first-order valence-electron chi connectivity index (χ1n) is 6.20. The molecule has 0 saturated carbocycles. The summed E-state index contributed by atoms with van der Waals surface area (Å²) in [6, 6.07) is 10.5. The summed E-state index contributed by atoms with van der Waals surface area (Å²) >= 11 is 5.81. The van der Waals surface area contributed by atoms with Crippen molar-refractivity contribution in [1.82, 2.24) is 0 Å². The van der Waals surface area contributed by atoms with Crippen molar-refractivity contribution in [2.75, 3.05) is 11.4 Å². The summed E-state index contributed by atoms with van der Waals surface area (Å²) < 4.78 is 67.1. The molecule has 124 valence electrons. The molecule has 4 nitrogen and oxygen atoms in total. The molecular weight excluding hydrogens is 355 g/mol. The van der Waals surface area contributed by atoms with E-state index in [0.29, 0.717) is 5.02 Å². The molecule has 0 atom stereocenters. The van der Waals surface area contributed by atoms with Gasteiger partial charge in [-0.1, -0.05) is 29.8 Å². The molecule has 0 spiro atoms. The fraction of sp³-hybridized carbons (Fsp3) is 0.143. The zero-order valence-corrected chi connectivity index (χ0v) is 13.3. The van der Waals surface area contributed by atoms with E-state index in [1.165, 1.54) is 37.4 Å². The molecule has 0 aliphatic carbocycles. The number of rotatable bonds is 4. The van der Waals surface area contributed by atoms with E-state index in [1.54, 1.807) is 6.07 Å². The van der Waals surface area contributed by atoms with Crippen LogP contribution in [0.3, 0.4) is 0 Å². The van der Waals surface area contributed by atoms with Crippen molar-refractivity contribution in [3.8, 4) is 5.75 Å². The van der Waals surface area contributed by atoms with Crippen LogP contribution < -0.4 is 9.04 Å². The van der Waals surface area contributed by atoms with Crippen LogP contribution in [0.25, 0.3) is 0 Å². The SMILES string of the molecule is CN(c1cccc(Cl)c1)S(=O)(=O)c1ccccc1OC(F)(F)F. The minimum absolute atomic E-state index is 0.208. The molecule has 0 aromatic heterocycles. The topological polar surface area (TPSA) is 46.6 Å². The Morgan fingerprint density at radius 2 is 1.74 bits per heavy atom. The molecule has 0 N–H and O–H groups in total. The number of hydrogen-bond donors (Lipinski definition) is 0. The van der Waals surface area contributed by atoms with Crippen LogP contribution in [-0.2, 0) is 10.0 Å². The van der Waals surface area contributed by atoms with E-state index < -0.39 is 27.0 Å². The van der Waals surface area contributed by atoms with Crippen LogP contribution in [0.15, 0.2) is 53.4 Å². The second kappa shape index (κ2) is 6.29. The van der Waals surface area contributed by atoms with E-state index in [0.717, 1.165) is 16.4 Å². The first-order valence-corrected chi connectivity index (χ1v) is 8.02. The molecule has 2 aromatic carbocycles. The van der Waals surface area contributed by atoms with Gasteiger partial charge in [0, 0.05) is 12.1 Å². The molecule has 2 aromatic rings. The van der Waals surface area contributed by atoms with Gasteiger partial charge in [0.15, 0.2) is 0 Å². The average Bonchev–Trinajstić information content (AvgIpc) is 2.45. The standard InChI is InChI=1S/C14H11ClF3NO3S/c1-19(11-6-4-5-10(15)9-11)23(20,21)13-8-3-2-7-12(13)22-14(16,17)18/h2-9H,1H3. The van der Waals surface area contributed by atoms with Gasteiger partial charge in [-0.05, 0) is 30.3 Å². The van der Waals surface area contributed by atoms with Gasteiger partial charge in [0.05, 0.1) is 5.69 Å². The lowest BCUT2D eigenvalue weighted by Gasteiger charge is -2.21. The molecule has 2 rings (SSSR count). The molecule has 0 heterocycles. The number of alkyl halides is 3. The quantitative estimate of drug-likeness (QED) is 0.820. The third-order valence-electron chi connectivity index (χ3n) is 2.89. The van der Waals surface area contributed by atoms with Crippen molar-refractivity contribution in [1.29, 1.82) is 0 Å². The van der Waals surface area contributed by atoms with Gasteiger partial charge in [-0.25, -0.2) is 8.42 Å². The highest BCUT2D eigenvalue weighted by Gasteiger charge is 2.35. The Morgan fingerprint density at radius 1 is 1.09 bits per heavy atom. The highest BCUT2D eigenvalue weighted by Crippen LogP contribution is 2.32. The third-order valence-corrected chi connectivity index (χ3v) is 4.95. The van der Waals surface area contributed by atoms with Crippen LogP contribution in [0.2, 0.25) is 5.02 Å². The van der Waals surface area contributed by atoms with Gasteiger partial charge >= 0.3 is 6.36 Å². The second-order valence-corrected chi connectivity index (χ2v) is 6.82. The molecule has 0 amide bonds. The Balaban J connectivity index is 2.48.